The molecule has 1 saturated heterocycles. The molecule has 0 spiro atoms. The molecule has 1 aliphatic rings. The molecule has 3 unspecified atom stereocenters. The molecule has 0 aliphatic carbocycles. The van der Waals surface area contributed by atoms with Crippen LogP contribution in [0.25, 0.3) is 0 Å². The number of likely N-dealkylation sites (N-methyl/N-ethyl adjacent to an activating group) is 1. The summed E-state index contributed by atoms with van der Waals surface area (Å²) >= 11 is 0. The third-order valence-corrected chi connectivity index (χ3v) is 4.81. The van der Waals surface area contributed by atoms with Gasteiger partial charge < -0.3 is 14.7 Å². The summed E-state index contributed by atoms with van der Waals surface area (Å²) in [4.78, 5) is 16.5. The normalized spacial score (nSPS) is 22.5. The average molecular weight is 334 g/mol. The van der Waals surface area contributed by atoms with E-state index in [4.69, 9.17) is 4.74 Å². The number of piperidine rings is 1. The molecule has 2 rings (SSSR count). The van der Waals surface area contributed by atoms with Crippen molar-refractivity contribution in [3.05, 3.63) is 29.8 Å². The van der Waals surface area contributed by atoms with E-state index in [1.807, 2.05) is 41.1 Å². The Bertz CT molecular complexity index is 522. The van der Waals surface area contributed by atoms with Gasteiger partial charge in [0.25, 0.3) is 0 Å². The molecular formula is C19H30N2O3. The van der Waals surface area contributed by atoms with Gasteiger partial charge in [0.2, 0.25) is 5.91 Å². The largest absolute Gasteiger partial charge is 0.497 e. The Labute approximate surface area is 145 Å². The predicted octanol–water partition coefficient (Wildman–Crippen LogP) is 2.16. The van der Waals surface area contributed by atoms with Gasteiger partial charge in [0.15, 0.2) is 0 Å². The zero-order valence-electron chi connectivity index (χ0n) is 15.2. The molecule has 1 fully saturated rings. The molecule has 134 valence electrons. The van der Waals surface area contributed by atoms with E-state index in [2.05, 4.69) is 13.8 Å². The smallest absolute Gasteiger partial charge is 0.236 e. The fourth-order valence-electron chi connectivity index (χ4n) is 3.62. The standard InChI is InChI=1S/C19H30N2O3/c1-14-9-15(2)11-21(10-14)19(23)12-20(3)18(13-22)16-5-7-17(24-4)8-6-16/h5-8,14-15,18,22H,9-13H2,1-4H3. The lowest BCUT2D eigenvalue weighted by Crippen LogP contribution is -2.47. The number of hydrogen-bond donors (Lipinski definition) is 1. The second kappa shape index (κ2) is 8.49. The summed E-state index contributed by atoms with van der Waals surface area (Å²) in [5, 5.41) is 9.79. The van der Waals surface area contributed by atoms with Crippen LogP contribution in [0.15, 0.2) is 24.3 Å². The summed E-state index contributed by atoms with van der Waals surface area (Å²) < 4.78 is 5.17. The monoisotopic (exact) mass is 334 g/mol. The lowest BCUT2D eigenvalue weighted by atomic mass is 9.92. The van der Waals surface area contributed by atoms with Crippen LogP contribution in [0.4, 0.5) is 0 Å². The Hall–Kier alpha value is -1.59. The number of methoxy groups -OCH3 is 1. The number of likely N-dealkylation sites (tertiary alicyclic amines) is 1. The number of benzene rings is 1. The Balaban J connectivity index is 2.00. The lowest BCUT2D eigenvalue weighted by Gasteiger charge is -2.36. The van der Waals surface area contributed by atoms with Crippen LogP contribution in [0.2, 0.25) is 0 Å². The number of hydrogen-bond acceptors (Lipinski definition) is 4. The maximum atomic E-state index is 12.6. The van der Waals surface area contributed by atoms with E-state index in [0.717, 1.165) is 24.4 Å². The number of rotatable bonds is 6. The molecule has 0 aromatic heterocycles. The highest BCUT2D eigenvalue weighted by atomic mass is 16.5. The van der Waals surface area contributed by atoms with Crippen molar-refractivity contribution >= 4 is 5.91 Å². The number of carbonyl (C=O) groups is 1. The Kier molecular flexibility index (Phi) is 6.63. The van der Waals surface area contributed by atoms with Crippen molar-refractivity contribution in [2.45, 2.75) is 26.3 Å². The van der Waals surface area contributed by atoms with Gasteiger partial charge in [-0.25, -0.2) is 0 Å². The SMILES string of the molecule is COc1ccc(C(CO)N(C)CC(=O)N2CC(C)CC(C)C2)cc1. The number of amides is 1. The molecule has 1 amide bonds. The Morgan fingerprint density at radius 3 is 2.38 bits per heavy atom. The third kappa shape index (κ3) is 4.71. The fourth-order valence-corrected chi connectivity index (χ4v) is 3.62. The highest BCUT2D eigenvalue weighted by Gasteiger charge is 2.27. The van der Waals surface area contributed by atoms with Crippen LogP contribution in [0, 0.1) is 11.8 Å². The molecule has 0 bridgehead atoms. The van der Waals surface area contributed by atoms with Gasteiger partial charge in [-0.3, -0.25) is 9.69 Å². The minimum atomic E-state index is -0.195. The molecule has 1 aromatic rings. The van der Waals surface area contributed by atoms with E-state index in [9.17, 15) is 9.90 Å². The second-order valence-electron chi connectivity index (χ2n) is 7.13. The zero-order chi connectivity index (χ0) is 17.7. The highest BCUT2D eigenvalue weighted by molar-refractivity contribution is 5.78. The van der Waals surface area contributed by atoms with Gasteiger partial charge in [-0.1, -0.05) is 26.0 Å². The second-order valence-corrected chi connectivity index (χ2v) is 7.13. The minimum Gasteiger partial charge on any atom is -0.497 e. The van der Waals surface area contributed by atoms with Crippen LogP contribution in [0.3, 0.4) is 0 Å². The van der Waals surface area contributed by atoms with E-state index in [1.54, 1.807) is 7.11 Å². The van der Waals surface area contributed by atoms with Gasteiger partial charge >= 0.3 is 0 Å². The van der Waals surface area contributed by atoms with Crippen molar-refractivity contribution in [1.82, 2.24) is 9.80 Å². The first kappa shape index (κ1) is 18.7. The van der Waals surface area contributed by atoms with E-state index in [1.165, 1.54) is 6.42 Å². The van der Waals surface area contributed by atoms with Gasteiger partial charge in [-0.2, -0.15) is 0 Å². The zero-order valence-corrected chi connectivity index (χ0v) is 15.2. The molecule has 5 heteroatoms. The first-order chi connectivity index (χ1) is 11.4. The van der Waals surface area contributed by atoms with E-state index in [0.29, 0.717) is 18.4 Å². The minimum absolute atomic E-state index is 0.0249. The van der Waals surface area contributed by atoms with Crippen LogP contribution in [0.5, 0.6) is 5.75 Å². The summed E-state index contributed by atoms with van der Waals surface area (Å²) in [6.45, 7) is 6.37. The Morgan fingerprint density at radius 2 is 1.88 bits per heavy atom. The summed E-state index contributed by atoms with van der Waals surface area (Å²) in [5.74, 6) is 2.03. The van der Waals surface area contributed by atoms with Crippen molar-refractivity contribution in [2.24, 2.45) is 11.8 Å². The molecule has 1 aliphatic heterocycles. The van der Waals surface area contributed by atoms with Crippen molar-refractivity contribution in [3.8, 4) is 5.75 Å². The molecular weight excluding hydrogens is 304 g/mol. The van der Waals surface area contributed by atoms with Gasteiger partial charge in [0, 0.05) is 13.1 Å². The number of ether oxygens (including phenoxy) is 1. The number of aliphatic hydroxyl groups is 1. The summed E-state index contributed by atoms with van der Waals surface area (Å²) in [7, 11) is 3.52. The molecule has 5 nitrogen and oxygen atoms in total. The van der Waals surface area contributed by atoms with Crippen LogP contribution in [0.1, 0.15) is 31.9 Å². The van der Waals surface area contributed by atoms with Crippen molar-refractivity contribution in [1.29, 1.82) is 0 Å². The summed E-state index contributed by atoms with van der Waals surface area (Å²) in [6, 6.07) is 7.43. The fraction of sp³-hybridized carbons (Fsp3) is 0.632. The molecule has 1 N–H and O–H groups in total. The average Bonchev–Trinajstić information content (AvgIpc) is 2.55. The van der Waals surface area contributed by atoms with Crippen LogP contribution >= 0.6 is 0 Å². The van der Waals surface area contributed by atoms with E-state index < -0.39 is 0 Å². The third-order valence-electron chi connectivity index (χ3n) is 4.81. The van der Waals surface area contributed by atoms with Crippen molar-refractivity contribution in [2.75, 3.05) is 40.4 Å². The lowest BCUT2D eigenvalue weighted by molar-refractivity contribution is -0.135. The van der Waals surface area contributed by atoms with Crippen molar-refractivity contribution in [3.63, 3.8) is 0 Å². The molecule has 1 heterocycles. The van der Waals surface area contributed by atoms with Crippen molar-refractivity contribution < 1.29 is 14.6 Å². The maximum absolute atomic E-state index is 12.6. The molecule has 0 saturated carbocycles. The molecule has 3 atom stereocenters. The predicted molar refractivity (Wildman–Crippen MR) is 95.0 cm³/mol. The molecule has 1 aromatic carbocycles. The van der Waals surface area contributed by atoms with Gasteiger partial charge in [-0.05, 0) is 43.0 Å². The van der Waals surface area contributed by atoms with Gasteiger partial charge in [0.05, 0.1) is 26.3 Å². The number of carbonyl (C=O) groups excluding carboxylic acids is 1. The first-order valence-corrected chi connectivity index (χ1v) is 8.67. The quantitative estimate of drug-likeness (QED) is 0.866. The van der Waals surface area contributed by atoms with Crippen LogP contribution in [-0.2, 0) is 4.79 Å². The first-order valence-electron chi connectivity index (χ1n) is 8.67. The topological polar surface area (TPSA) is 53.0 Å². The summed E-state index contributed by atoms with van der Waals surface area (Å²) in [5.41, 5.74) is 0.981. The maximum Gasteiger partial charge on any atom is 0.236 e. The Morgan fingerprint density at radius 1 is 1.29 bits per heavy atom. The molecule has 24 heavy (non-hydrogen) atoms. The number of nitrogens with zero attached hydrogens (tertiary/aromatic N) is 2. The van der Waals surface area contributed by atoms with Gasteiger partial charge in [-0.15, -0.1) is 0 Å². The van der Waals surface area contributed by atoms with Gasteiger partial charge in [0.1, 0.15) is 5.75 Å². The van der Waals surface area contributed by atoms with E-state index >= 15 is 0 Å². The highest BCUT2D eigenvalue weighted by Crippen LogP contribution is 2.24. The molecule has 0 radical (unpaired) electrons. The van der Waals surface area contributed by atoms with Crippen LogP contribution in [-0.4, -0.2) is 61.2 Å². The van der Waals surface area contributed by atoms with E-state index in [-0.39, 0.29) is 18.6 Å². The van der Waals surface area contributed by atoms with Crippen LogP contribution < -0.4 is 4.74 Å². The number of aliphatic hydroxyl groups excluding tert-OH is 1. The summed E-state index contributed by atoms with van der Waals surface area (Å²) in [6.07, 6.45) is 1.19.